The summed E-state index contributed by atoms with van der Waals surface area (Å²) in [5, 5.41) is 5.35. The maximum absolute atomic E-state index is 13.9. The van der Waals surface area contributed by atoms with Crippen LogP contribution in [0.3, 0.4) is 0 Å². The molecule has 1 N–H and O–H groups in total. The van der Waals surface area contributed by atoms with Crippen LogP contribution in [0.15, 0.2) is 87.8 Å². The number of carbonyl (C=O) groups excluding carboxylic acids is 1. The molecule has 10 heteroatoms. The number of aryl methyl sites for hydroxylation is 3. The van der Waals surface area contributed by atoms with Crippen LogP contribution in [0.25, 0.3) is 15.9 Å². The van der Waals surface area contributed by atoms with Gasteiger partial charge in [0.25, 0.3) is 11.5 Å². The van der Waals surface area contributed by atoms with Crippen molar-refractivity contribution >= 4 is 45.4 Å². The molecule has 0 spiro atoms. The zero-order chi connectivity index (χ0) is 30.5. The number of hydrogen-bond acceptors (Lipinski definition) is 8. The van der Waals surface area contributed by atoms with Gasteiger partial charge in [-0.05, 0) is 79.6 Å². The molecular weight excluding hydrogens is 593 g/mol. The molecule has 0 fully saturated rings. The Morgan fingerprint density at radius 1 is 1.07 bits per heavy atom. The van der Waals surface area contributed by atoms with E-state index in [1.54, 1.807) is 35.3 Å². The monoisotopic (exact) mass is 624 g/mol. The third-order valence-corrected chi connectivity index (χ3v) is 9.53. The highest BCUT2D eigenvalue weighted by atomic mass is 32.2. The van der Waals surface area contributed by atoms with E-state index >= 15 is 0 Å². The molecule has 0 saturated heterocycles. The van der Waals surface area contributed by atoms with Gasteiger partial charge in [-0.15, -0.1) is 11.3 Å². The average Bonchev–Trinajstić information content (AvgIpc) is 3.43. The molecule has 1 aliphatic carbocycles. The highest BCUT2D eigenvalue weighted by Gasteiger charge is 2.23. The summed E-state index contributed by atoms with van der Waals surface area (Å²) in [5.74, 6) is 0.915. The van der Waals surface area contributed by atoms with E-state index in [0.29, 0.717) is 23.3 Å². The predicted octanol–water partition coefficient (Wildman–Crippen LogP) is 6.46. The van der Waals surface area contributed by atoms with Crippen molar-refractivity contribution < 1.29 is 14.3 Å². The first-order valence-electron chi connectivity index (χ1n) is 14.4. The molecule has 44 heavy (non-hydrogen) atoms. The van der Waals surface area contributed by atoms with Crippen molar-refractivity contribution in [3.63, 3.8) is 0 Å². The van der Waals surface area contributed by atoms with Crippen LogP contribution < -0.4 is 20.5 Å². The zero-order valence-electron chi connectivity index (χ0n) is 24.5. The van der Waals surface area contributed by atoms with Crippen molar-refractivity contribution in [2.75, 3.05) is 12.9 Å². The summed E-state index contributed by atoms with van der Waals surface area (Å²) in [4.78, 5) is 33.7. The molecular formula is C34H32N4O4S2. The van der Waals surface area contributed by atoms with Gasteiger partial charge < -0.3 is 9.47 Å². The Labute approximate surface area is 263 Å². The Bertz CT molecular complexity index is 1880. The fourth-order valence-electron chi connectivity index (χ4n) is 5.17. The van der Waals surface area contributed by atoms with Gasteiger partial charge in [0.05, 0.1) is 30.2 Å². The summed E-state index contributed by atoms with van der Waals surface area (Å²) in [5.41, 5.74) is 7.27. The molecule has 0 bridgehead atoms. The zero-order valence-corrected chi connectivity index (χ0v) is 26.2. The predicted molar refractivity (Wildman–Crippen MR) is 177 cm³/mol. The number of nitrogens with one attached hydrogen (secondary N) is 1. The highest BCUT2D eigenvalue weighted by Crippen LogP contribution is 2.35. The van der Waals surface area contributed by atoms with Gasteiger partial charge in [-0.3, -0.25) is 14.2 Å². The molecule has 3 aromatic carbocycles. The minimum absolute atomic E-state index is 0.0420. The van der Waals surface area contributed by atoms with Crippen LogP contribution in [-0.2, 0) is 24.2 Å². The van der Waals surface area contributed by atoms with Crippen molar-refractivity contribution in [1.82, 2.24) is 15.0 Å². The lowest BCUT2D eigenvalue weighted by Gasteiger charge is -2.13. The number of aromatic nitrogens is 2. The van der Waals surface area contributed by atoms with E-state index < -0.39 is 0 Å². The number of amides is 1. The van der Waals surface area contributed by atoms with Crippen LogP contribution in [0.5, 0.6) is 11.5 Å². The average molecular weight is 625 g/mol. The number of thiophene rings is 1. The Kier molecular flexibility index (Phi) is 9.09. The van der Waals surface area contributed by atoms with Gasteiger partial charge in [0, 0.05) is 4.88 Å². The van der Waals surface area contributed by atoms with E-state index in [-0.39, 0.29) is 17.2 Å². The van der Waals surface area contributed by atoms with Crippen molar-refractivity contribution in [2.45, 2.75) is 44.4 Å². The van der Waals surface area contributed by atoms with E-state index in [1.165, 1.54) is 16.6 Å². The summed E-state index contributed by atoms with van der Waals surface area (Å²) in [6.45, 7) is 2.40. The molecule has 1 amide bonds. The smallest absolute Gasteiger partial charge is 0.267 e. The number of hydrogen-bond donors (Lipinski definition) is 1. The number of methoxy groups -OCH3 is 1. The molecule has 2 heterocycles. The number of carbonyl (C=O) groups is 1. The first kappa shape index (κ1) is 29.7. The first-order valence-corrected chi connectivity index (χ1v) is 16.2. The summed E-state index contributed by atoms with van der Waals surface area (Å²) in [6, 6.07) is 23.1. The van der Waals surface area contributed by atoms with Crippen LogP contribution in [0.1, 0.15) is 40.0 Å². The van der Waals surface area contributed by atoms with Crippen LogP contribution >= 0.6 is 23.1 Å². The largest absolute Gasteiger partial charge is 0.493 e. The van der Waals surface area contributed by atoms with Crippen LogP contribution in [0, 0.1) is 6.92 Å². The number of benzene rings is 3. The molecule has 0 unspecified atom stereocenters. The van der Waals surface area contributed by atoms with Gasteiger partial charge in [0.15, 0.2) is 16.7 Å². The number of ether oxygens (including phenoxy) is 2. The second-order valence-corrected chi connectivity index (χ2v) is 12.6. The minimum Gasteiger partial charge on any atom is -0.493 e. The molecule has 0 saturated carbocycles. The van der Waals surface area contributed by atoms with E-state index in [4.69, 9.17) is 14.5 Å². The quantitative estimate of drug-likeness (QED) is 0.0829. The van der Waals surface area contributed by atoms with E-state index in [0.717, 1.165) is 63.8 Å². The van der Waals surface area contributed by atoms with Gasteiger partial charge in [-0.1, -0.05) is 59.8 Å². The first-order chi connectivity index (χ1) is 21.5. The molecule has 5 aromatic rings. The second kappa shape index (κ2) is 13.5. The van der Waals surface area contributed by atoms with Crippen LogP contribution in [0.2, 0.25) is 0 Å². The SMILES string of the molecule is COc1ccc(/C=N\NC(=O)CSc2nc3sc4c(c3c(=O)n2-c2ccc(C)cc2)CCCC4)cc1OCc1ccccc1. The lowest BCUT2D eigenvalue weighted by Crippen LogP contribution is -2.24. The summed E-state index contributed by atoms with van der Waals surface area (Å²) >= 11 is 2.83. The molecule has 8 nitrogen and oxygen atoms in total. The van der Waals surface area contributed by atoms with Crippen molar-refractivity contribution in [3.05, 3.63) is 110 Å². The standard InChI is InChI=1S/C34H32N4O4S2/c1-22-12-15-25(16-13-22)38-33(40)31-26-10-6-7-11-29(26)44-32(31)36-34(38)43-21-30(39)37-35-19-24-14-17-27(41-2)28(18-24)42-20-23-8-4-3-5-9-23/h3-5,8-9,12-19H,6-7,10-11,20-21H2,1-2H3,(H,37,39)/b35-19-. The molecule has 2 aromatic heterocycles. The van der Waals surface area contributed by atoms with Crippen LogP contribution in [0.4, 0.5) is 0 Å². The Balaban J connectivity index is 1.17. The van der Waals surface area contributed by atoms with Crippen LogP contribution in [-0.4, -0.2) is 34.5 Å². The van der Waals surface area contributed by atoms with Crippen molar-refractivity contribution in [3.8, 4) is 17.2 Å². The van der Waals surface area contributed by atoms with E-state index in [9.17, 15) is 9.59 Å². The number of fused-ring (bicyclic) bond motifs is 3. The van der Waals surface area contributed by atoms with Gasteiger partial charge in [0.1, 0.15) is 11.4 Å². The van der Waals surface area contributed by atoms with Gasteiger partial charge >= 0.3 is 0 Å². The Morgan fingerprint density at radius 3 is 2.66 bits per heavy atom. The normalized spacial score (nSPS) is 12.8. The Morgan fingerprint density at radius 2 is 1.86 bits per heavy atom. The minimum atomic E-state index is -0.310. The van der Waals surface area contributed by atoms with Gasteiger partial charge in [-0.2, -0.15) is 5.10 Å². The van der Waals surface area contributed by atoms with E-state index in [2.05, 4.69) is 10.5 Å². The molecule has 6 rings (SSSR count). The maximum atomic E-state index is 13.9. The third-order valence-electron chi connectivity index (χ3n) is 7.41. The summed E-state index contributed by atoms with van der Waals surface area (Å²) in [6.07, 6.45) is 5.66. The number of hydrazone groups is 1. The van der Waals surface area contributed by atoms with E-state index in [1.807, 2.05) is 73.7 Å². The Hall–Kier alpha value is -4.41. The molecule has 0 aliphatic heterocycles. The molecule has 0 radical (unpaired) electrons. The molecule has 0 atom stereocenters. The third kappa shape index (κ3) is 6.56. The van der Waals surface area contributed by atoms with Crippen molar-refractivity contribution in [1.29, 1.82) is 0 Å². The number of nitrogens with zero attached hydrogens (tertiary/aromatic N) is 3. The maximum Gasteiger partial charge on any atom is 0.267 e. The van der Waals surface area contributed by atoms with Gasteiger partial charge in [-0.25, -0.2) is 10.4 Å². The highest BCUT2D eigenvalue weighted by molar-refractivity contribution is 7.99. The van der Waals surface area contributed by atoms with Gasteiger partial charge in [0.2, 0.25) is 0 Å². The fourth-order valence-corrected chi connectivity index (χ4v) is 7.28. The lowest BCUT2D eigenvalue weighted by molar-refractivity contribution is -0.118. The topological polar surface area (TPSA) is 94.8 Å². The fraction of sp³-hybridized carbons (Fsp3) is 0.235. The summed E-state index contributed by atoms with van der Waals surface area (Å²) < 4.78 is 13.1. The second-order valence-electron chi connectivity index (χ2n) is 10.5. The summed E-state index contributed by atoms with van der Waals surface area (Å²) in [7, 11) is 1.59. The molecule has 224 valence electrons. The number of rotatable bonds is 10. The number of thioether (sulfide) groups is 1. The molecule has 1 aliphatic rings. The lowest BCUT2D eigenvalue weighted by atomic mass is 9.97. The van der Waals surface area contributed by atoms with Crippen molar-refractivity contribution in [2.24, 2.45) is 5.10 Å².